The van der Waals surface area contributed by atoms with Crippen LogP contribution in [0, 0.1) is 0 Å². The van der Waals surface area contributed by atoms with Crippen molar-refractivity contribution in [2.45, 2.75) is 12.6 Å². The van der Waals surface area contributed by atoms with E-state index in [2.05, 4.69) is 5.16 Å². The largest absolute Gasteiger partial charge is 0.409 e. The van der Waals surface area contributed by atoms with E-state index in [-0.39, 0.29) is 17.9 Å². The summed E-state index contributed by atoms with van der Waals surface area (Å²) in [5.41, 5.74) is 6.16. The second kappa shape index (κ2) is 6.01. The molecule has 19 heavy (non-hydrogen) atoms. The first-order valence-electron chi connectivity index (χ1n) is 5.30. The van der Waals surface area contributed by atoms with Gasteiger partial charge in [0.25, 0.3) is 0 Å². The summed E-state index contributed by atoms with van der Waals surface area (Å²) >= 11 is 5.78. The van der Waals surface area contributed by atoms with Crippen molar-refractivity contribution in [3.63, 3.8) is 0 Å². The van der Waals surface area contributed by atoms with Crippen molar-refractivity contribution >= 4 is 23.1 Å². The number of amidine groups is 1. The van der Waals surface area contributed by atoms with Gasteiger partial charge in [0.15, 0.2) is 5.84 Å². The Morgan fingerprint density at radius 3 is 2.63 bits per heavy atom. The monoisotopic (exact) mass is 295 g/mol. The lowest BCUT2D eigenvalue weighted by molar-refractivity contribution is -0.132. The fraction of sp³-hybridized carbons (Fsp3) is 0.364. The van der Waals surface area contributed by atoms with Crippen LogP contribution in [0.5, 0.6) is 0 Å². The highest BCUT2D eigenvalue weighted by Gasteiger charge is 2.27. The maximum Gasteiger partial charge on any atom is 0.390 e. The van der Waals surface area contributed by atoms with E-state index < -0.39 is 12.6 Å². The average Bonchev–Trinajstić information content (AvgIpc) is 2.34. The van der Waals surface area contributed by atoms with Gasteiger partial charge in [-0.1, -0.05) is 16.8 Å². The van der Waals surface area contributed by atoms with Crippen molar-refractivity contribution in [1.82, 2.24) is 0 Å². The highest BCUT2D eigenvalue weighted by Crippen LogP contribution is 2.26. The molecular formula is C11H13ClF3N3O. The molecule has 0 saturated heterocycles. The third kappa shape index (κ3) is 4.51. The van der Waals surface area contributed by atoms with Crippen LogP contribution in [-0.4, -0.2) is 30.8 Å². The van der Waals surface area contributed by atoms with Gasteiger partial charge in [-0.2, -0.15) is 13.2 Å². The maximum atomic E-state index is 12.2. The van der Waals surface area contributed by atoms with Crippen LogP contribution in [-0.2, 0) is 0 Å². The van der Waals surface area contributed by atoms with Crippen LogP contribution in [0.3, 0.4) is 0 Å². The molecule has 0 bridgehead atoms. The van der Waals surface area contributed by atoms with Crippen LogP contribution in [0.2, 0.25) is 5.02 Å². The predicted molar refractivity (Wildman–Crippen MR) is 67.9 cm³/mol. The van der Waals surface area contributed by atoms with Gasteiger partial charge in [-0.3, -0.25) is 0 Å². The van der Waals surface area contributed by atoms with Crippen LogP contribution in [0.1, 0.15) is 12.0 Å². The van der Waals surface area contributed by atoms with Crippen molar-refractivity contribution in [2.24, 2.45) is 10.9 Å². The molecule has 0 aromatic heterocycles. The molecule has 0 radical (unpaired) electrons. The Balaban J connectivity index is 2.99. The molecular weight excluding hydrogens is 283 g/mol. The van der Waals surface area contributed by atoms with Crippen LogP contribution in [0.4, 0.5) is 18.9 Å². The quantitative estimate of drug-likeness (QED) is 0.389. The molecule has 0 saturated carbocycles. The molecule has 1 aromatic carbocycles. The fourth-order valence-corrected chi connectivity index (χ4v) is 1.69. The fourth-order valence-electron chi connectivity index (χ4n) is 1.52. The molecule has 1 aromatic rings. The second-order valence-electron chi connectivity index (χ2n) is 3.93. The zero-order valence-electron chi connectivity index (χ0n) is 10.1. The highest BCUT2D eigenvalue weighted by molar-refractivity contribution is 6.31. The number of rotatable bonds is 4. The first kappa shape index (κ1) is 15.4. The lowest BCUT2D eigenvalue weighted by Gasteiger charge is -2.22. The Hall–Kier alpha value is -1.63. The molecule has 3 N–H and O–H groups in total. The molecule has 0 atom stereocenters. The van der Waals surface area contributed by atoms with Gasteiger partial charge in [-0.25, -0.2) is 0 Å². The predicted octanol–water partition coefficient (Wildman–Crippen LogP) is 2.82. The summed E-state index contributed by atoms with van der Waals surface area (Å²) in [7, 11) is 1.49. The molecule has 0 spiro atoms. The van der Waals surface area contributed by atoms with E-state index >= 15 is 0 Å². The van der Waals surface area contributed by atoms with E-state index in [1.54, 1.807) is 0 Å². The Labute approximate surface area is 113 Å². The first-order valence-corrected chi connectivity index (χ1v) is 5.67. The van der Waals surface area contributed by atoms with Gasteiger partial charge < -0.3 is 15.8 Å². The maximum absolute atomic E-state index is 12.2. The average molecular weight is 296 g/mol. The van der Waals surface area contributed by atoms with Crippen molar-refractivity contribution in [1.29, 1.82) is 0 Å². The summed E-state index contributed by atoms with van der Waals surface area (Å²) in [5.74, 6) is -0.212. The number of oxime groups is 1. The summed E-state index contributed by atoms with van der Waals surface area (Å²) in [4.78, 5) is 1.37. The Kier molecular flexibility index (Phi) is 4.88. The van der Waals surface area contributed by atoms with E-state index in [1.165, 1.54) is 30.1 Å². The van der Waals surface area contributed by atoms with Crippen molar-refractivity contribution in [3.8, 4) is 0 Å². The van der Waals surface area contributed by atoms with Gasteiger partial charge in [-0.05, 0) is 18.2 Å². The molecule has 0 aliphatic carbocycles. The van der Waals surface area contributed by atoms with Gasteiger partial charge in [0.05, 0.1) is 6.42 Å². The number of anilines is 1. The second-order valence-corrected chi connectivity index (χ2v) is 4.37. The minimum absolute atomic E-state index is 0.212. The molecule has 0 unspecified atom stereocenters. The van der Waals surface area contributed by atoms with Gasteiger partial charge in [-0.15, -0.1) is 0 Å². The molecule has 8 heteroatoms. The smallest absolute Gasteiger partial charge is 0.390 e. The highest BCUT2D eigenvalue weighted by atomic mass is 35.5. The van der Waals surface area contributed by atoms with E-state index in [0.717, 1.165) is 0 Å². The lowest BCUT2D eigenvalue weighted by atomic mass is 10.1. The molecule has 0 amide bonds. The molecule has 4 nitrogen and oxygen atoms in total. The number of nitrogens with two attached hydrogens (primary N) is 1. The van der Waals surface area contributed by atoms with Crippen molar-refractivity contribution < 1.29 is 18.4 Å². The Morgan fingerprint density at radius 2 is 2.11 bits per heavy atom. The van der Waals surface area contributed by atoms with Gasteiger partial charge in [0.1, 0.15) is 0 Å². The summed E-state index contributed by atoms with van der Waals surface area (Å²) in [6, 6.07) is 4.47. The van der Waals surface area contributed by atoms with Crippen LogP contribution in [0.25, 0.3) is 0 Å². The van der Waals surface area contributed by atoms with E-state index in [0.29, 0.717) is 10.7 Å². The molecule has 0 aliphatic rings. The van der Waals surface area contributed by atoms with Gasteiger partial charge >= 0.3 is 6.18 Å². The van der Waals surface area contributed by atoms with Crippen LogP contribution < -0.4 is 10.6 Å². The Morgan fingerprint density at radius 1 is 1.47 bits per heavy atom. The van der Waals surface area contributed by atoms with E-state index in [1.807, 2.05) is 0 Å². The topological polar surface area (TPSA) is 61.8 Å². The molecule has 1 rings (SSSR count). The number of benzene rings is 1. The molecule has 0 fully saturated rings. The number of alkyl halides is 3. The summed E-state index contributed by atoms with van der Waals surface area (Å²) < 4.78 is 36.6. The molecule has 0 aliphatic heterocycles. The van der Waals surface area contributed by atoms with Crippen molar-refractivity contribution in [2.75, 3.05) is 18.5 Å². The zero-order valence-corrected chi connectivity index (χ0v) is 10.8. The Bertz CT molecular complexity index is 477. The van der Waals surface area contributed by atoms with E-state index in [9.17, 15) is 13.2 Å². The van der Waals surface area contributed by atoms with Crippen LogP contribution in [0.15, 0.2) is 23.4 Å². The van der Waals surface area contributed by atoms with Gasteiger partial charge in [0.2, 0.25) is 0 Å². The number of hydrogen-bond donors (Lipinski definition) is 2. The minimum atomic E-state index is -4.24. The minimum Gasteiger partial charge on any atom is -0.409 e. The molecule has 0 heterocycles. The normalized spacial score (nSPS) is 12.6. The van der Waals surface area contributed by atoms with Crippen molar-refractivity contribution in [3.05, 3.63) is 28.8 Å². The first-order chi connectivity index (χ1) is 8.74. The third-order valence-electron chi connectivity index (χ3n) is 2.48. The summed E-state index contributed by atoms with van der Waals surface area (Å²) in [5, 5.41) is 11.8. The third-order valence-corrected chi connectivity index (χ3v) is 2.72. The SMILES string of the molecule is CN(CCC(F)(F)F)c1ccc(Cl)cc1C(N)=NO. The number of nitrogens with zero attached hydrogens (tertiary/aromatic N) is 2. The van der Waals surface area contributed by atoms with E-state index in [4.69, 9.17) is 22.5 Å². The lowest BCUT2D eigenvalue weighted by Crippen LogP contribution is -2.27. The number of hydrogen-bond acceptors (Lipinski definition) is 3. The van der Waals surface area contributed by atoms with Gasteiger partial charge in [0, 0.05) is 29.9 Å². The summed E-state index contributed by atoms with van der Waals surface area (Å²) in [6.07, 6.45) is -5.20. The zero-order chi connectivity index (χ0) is 14.6. The number of halogens is 4. The summed E-state index contributed by atoms with van der Waals surface area (Å²) in [6.45, 7) is -0.239. The standard InChI is InChI=1S/C11H13ClF3N3O/c1-18(5-4-11(13,14)15)9-3-2-7(12)6-8(9)10(16)17-19/h2-3,6,19H,4-5H2,1H3,(H2,16,17). The molecule has 106 valence electrons. The van der Waals surface area contributed by atoms with Crippen LogP contribution >= 0.6 is 11.6 Å².